The van der Waals surface area contributed by atoms with Gasteiger partial charge in [0.1, 0.15) is 5.82 Å². The minimum Gasteiger partial charge on any atom is -0.478 e. The lowest BCUT2D eigenvalue weighted by Gasteiger charge is -2.25. The molecule has 0 bridgehead atoms. The number of hydrogen-bond donors (Lipinski definition) is 3. The summed E-state index contributed by atoms with van der Waals surface area (Å²) in [4.78, 5) is 22.8. The van der Waals surface area contributed by atoms with Crippen LogP contribution in [0, 0.1) is 5.82 Å². The highest BCUT2D eigenvalue weighted by Crippen LogP contribution is 2.17. The predicted molar refractivity (Wildman–Crippen MR) is 76.1 cm³/mol. The second-order valence-corrected chi connectivity index (χ2v) is 5.00. The standard InChI is InChI=1S/C14H19FN2O4/c1-4-21-14(2,3)8-16-13(20)17-11-6-5-9(15)7-10(11)12(18)19/h5-7H,4,8H2,1-3H3,(H,18,19)(H2,16,17,20). The van der Waals surface area contributed by atoms with Crippen LogP contribution in [0.25, 0.3) is 0 Å². The highest BCUT2D eigenvalue weighted by Gasteiger charge is 2.19. The van der Waals surface area contributed by atoms with E-state index in [0.717, 1.165) is 12.1 Å². The van der Waals surface area contributed by atoms with Crippen LogP contribution in [-0.4, -0.2) is 35.9 Å². The number of urea groups is 1. The molecule has 2 amide bonds. The minimum absolute atomic E-state index is 0.0237. The molecule has 0 aliphatic rings. The zero-order chi connectivity index (χ0) is 16.0. The quantitative estimate of drug-likeness (QED) is 0.753. The van der Waals surface area contributed by atoms with Gasteiger partial charge in [-0.15, -0.1) is 0 Å². The number of ether oxygens (including phenoxy) is 1. The van der Waals surface area contributed by atoms with Crippen molar-refractivity contribution in [3.8, 4) is 0 Å². The van der Waals surface area contributed by atoms with E-state index < -0.39 is 23.4 Å². The van der Waals surface area contributed by atoms with E-state index in [4.69, 9.17) is 9.84 Å². The van der Waals surface area contributed by atoms with Gasteiger partial charge < -0.3 is 20.5 Å². The molecule has 0 unspecified atom stereocenters. The molecule has 0 atom stereocenters. The Morgan fingerprint density at radius 1 is 1.38 bits per heavy atom. The number of hydrogen-bond acceptors (Lipinski definition) is 3. The topological polar surface area (TPSA) is 87.7 Å². The number of nitrogens with one attached hydrogen (secondary N) is 2. The van der Waals surface area contributed by atoms with Crippen molar-refractivity contribution in [1.82, 2.24) is 5.32 Å². The van der Waals surface area contributed by atoms with Crippen molar-refractivity contribution in [2.75, 3.05) is 18.5 Å². The largest absolute Gasteiger partial charge is 0.478 e. The summed E-state index contributed by atoms with van der Waals surface area (Å²) in [6.45, 7) is 6.24. The molecule has 1 aromatic carbocycles. The average molecular weight is 298 g/mol. The Kier molecular flexibility index (Phi) is 5.66. The maximum absolute atomic E-state index is 13.0. The van der Waals surface area contributed by atoms with E-state index >= 15 is 0 Å². The van der Waals surface area contributed by atoms with Gasteiger partial charge in [0.25, 0.3) is 0 Å². The van der Waals surface area contributed by atoms with Crippen LogP contribution in [0.1, 0.15) is 31.1 Å². The number of carboxylic acids is 1. The molecule has 0 spiro atoms. The maximum atomic E-state index is 13.0. The zero-order valence-electron chi connectivity index (χ0n) is 12.2. The summed E-state index contributed by atoms with van der Waals surface area (Å²) in [7, 11) is 0. The zero-order valence-corrected chi connectivity index (χ0v) is 12.2. The van der Waals surface area contributed by atoms with Gasteiger partial charge in [-0.2, -0.15) is 0 Å². The second-order valence-electron chi connectivity index (χ2n) is 5.00. The lowest BCUT2D eigenvalue weighted by atomic mass is 10.1. The summed E-state index contributed by atoms with van der Waals surface area (Å²) < 4.78 is 18.4. The van der Waals surface area contributed by atoms with Crippen LogP contribution in [0.15, 0.2) is 18.2 Å². The van der Waals surface area contributed by atoms with E-state index in [9.17, 15) is 14.0 Å². The van der Waals surface area contributed by atoms with E-state index in [0.29, 0.717) is 6.61 Å². The van der Waals surface area contributed by atoms with Crippen molar-refractivity contribution in [3.05, 3.63) is 29.6 Å². The Morgan fingerprint density at radius 3 is 2.62 bits per heavy atom. The molecule has 0 aromatic heterocycles. The molecule has 3 N–H and O–H groups in total. The Bertz CT molecular complexity index is 532. The highest BCUT2D eigenvalue weighted by molar-refractivity contribution is 5.99. The van der Waals surface area contributed by atoms with Crippen molar-refractivity contribution in [2.24, 2.45) is 0 Å². The van der Waals surface area contributed by atoms with Gasteiger partial charge in [0.05, 0.1) is 16.9 Å². The normalized spacial score (nSPS) is 11.0. The summed E-state index contributed by atoms with van der Waals surface area (Å²) in [5.74, 6) is -2.00. The van der Waals surface area contributed by atoms with Crippen molar-refractivity contribution in [2.45, 2.75) is 26.4 Å². The number of amides is 2. The molecule has 0 radical (unpaired) electrons. The van der Waals surface area contributed by atoms with Gasteiger partial charge in [0.2, 0.25) is 0 Å². The molecule has 21 heavy (non-hydrogen) atoms. The molecule has 0 aliphatic heterocycles. The summed E-state index contributed by atoms with van der Waals surface area (Å²) in [6, 6.07) is 2.54. The minimum atomic E-state index is -1.32. The van der Waals surface area contributed by atoms with Crippen LogP contribution in [0.4, 0.5) is 14.9 Å². The smallest absolute Gasteiger partial charge is 0.337 e. The molecular weight excluding hydrogens is 279 g/mol. The number of carbonyl (C=O) groups excluding carboxylic acids is 1. The summed E-state index contributed by atoms with van der Waals surface area (Å²) in [6.07, 6.45) is 0. The highest BCUT2D eigenvalue weighted by atomic mass is 19.1. The van der Waals surface area contributed by atoms with Gasteiger partial charge in [-0.05, 0) is 39.0 Å². The molecule has 0 aliphatic carbocycles. The number of aromatic carboxylic acids is 1. The van der Waals surface area contributed by atoms with Crippen LogP contribution in [0.3, 0.4) is 0 Å². The average Bonchev–Trinajstić information content (AvgIpc) is 2.38. The summed E-state index contributed by atoms with van der Waals surface area (Å²) in [5.41, 5.74) is -0.824. The van der Waals surface area contributed by atoms with Crippen LogP contribution in [0.2, 0.25) is 0 Å². The van der Waals surface area contributed by atoms with Crippen LogP contribution < -0.4 is 10.6 Å². The summed E-state index contributed by atoms with van der Waals surface area (Å²) in [5, 5.41) is 13.9. The Balaban J connectivity index is 2.69. The van der Waals surface area contributed by atoms with E-state index in [-0.39, 0.29) is 17.8 Å². The van der Waals surface area contributed by atoms with Gasteiger partial charge in [-0.1, -0.05) is 0 Å². The number of rotatable bonds is 6. The van der Waals surface area contributed by atoms with Crippen molar-refractivity contribution < 1.29 is 23.8 Å². The fourth-order valence-corrected chi connectivity index (χ4v) is 1.70. The van der Waals surface area contributed by atoms with Gasteiger partial charge >= 0.3 is 12.0 Å². The number of halogens is 1. The molecule has 7 heteroatoms. The van der Waals surface area contributed by atoms with Gasteiger partial charge in [0, 0.05) is 13.2 Å². The fourth-order valence-electron chi connectivity index (χ4n) is 1.70. The van der Waals surface area contributed by atoms with E-state index in [2.05, 4.69) is 10.6 Å². The molecule has 0 saturated carbocycles. The van der Waals surface area contributed by atoms with Crippen LogP contribution >= 0.6 is 0 Å². The maximum Gasteiger partial charge on any atom is 0.337 e. The molecule has 0 fully saturated rings. The lowest BCUT2D eigenvalue weighted by molar-refractivity contribution is -0.00663. The molecule has 116 valence electrons. The molecule has 0 heterocycles. The predicted octanol–water partition coefficient (Wildman–Crippen LogP) is 2.46. The third-order valence-electron chi connectivity index (χ3n) is 2.67. The molecule has 1 rings (SSSR count). The first-order chi connectivity index (χ1) is 9.75. The number of benzene rings is 1. The van der Waals surface area contributed by atoms with Crippen LogP contribution in [-0.2, 0) is 4.74 Å². The van der Waals surface area contributed by atoms with Crippen molar-refractivity contribution in [1.29, 1.82) is 0 Å². The van der Waals surface area contributed by atoms with Crippen molar-refractivity contribution in [3.63, 3.8) is 0 Å². The Labute approximate surface area is 122 Å². The first-order valence-corrected chi connectivity index (χ1v) is 6.47. The Morgan fingerprint density at radius 2 is 2.05 bits per heavy atom. The fraction of sp³-hybridized carbons (Fsp3) is 0.429. The first-order valence-electron chi connectivity index (χ1n) is 6.47. The van der Waals surface area contributed by atoms with Gasteiger partial charge in [0.15, 0.2) is 0 Å². The SMILES string of the molecule is CCOC(C)(C)CNC(=O)Nc1ccc(F)cc1C(=O)O. The lowest BCUT2D eigenvalue weighted by Crippen LogP contribution is -2.42. The number of carbonyl (C=O) groups is 2. The number of anilines is 1. The first kappa shape index (κ1) is 16.9. The second kappa shape index (κ2) is 7.03. The van der Waals surface area contributed by atoms with E-state index in [1.54, 1.807) is 0 Å². The summed E-state index contributed by atoms with van der Waals surface area (Å²) >= 11 is 0. The monoisotopic (exact) mass is 298 g/mol. The molecule has 6 nitrogen and oxygen atoms in total. The molecular formula is C14H19FN2O4. The van der Waals surface area contributed by atoms with Crippen LogP contribution in [0.5, 0.6) is 0 Å². The molecule has 0 saturated heterocycles. The van der Waals surface area contributed by atoms with E-state index in [1.807, 2.05) is 20.8 Å². The van der Waals surface area contributed by atoms with Gasteiger partial charge in [-0.25, -0.2) is 14.0 Å². The van der Waals surface area contributed by atoms with Gasteiger partial charge in [-0.3, -0.25) is 0 Å². The number of carboxylic acid groups (broad SMARTS) is 1. The third-order valence-corrected chi connectivity index (χ3v) is 2.67. The Hall–Kier alpha value is -2.15. The van der Waals surface area contributed by atoms with Crippen molar-refractivity contribution >= 4 is 17.7 Å². The van der Waals surface area contributed by atoms with E-state index in [1.165, 1.54) is 6.07 Å². The molecule has 1 aromatic rings. The third kappa shape index (κ3) is 5.39.